The monoisotopic (exact) mass is 412 g/mol. The summed E-state index contributed by atoms with van der Waals surface area (Å²) < 4.78 is 0. The van der Waals surface area contributed by atoms with Gasteiger partial charge in [-0.3, -0.25) is 0 Å². The number of halogens is 1. The van der Waals surface area contributed by atoms with Crippen LogP contribution in [0.15, 0.2) is 30.3 Å². The van der Waals surface area contributed by atoms with Crippen LogP contribution in [0.1, 0.15) is 69.4 Å². The second-order valence-corrected chi connectivity index (χ2v) is 11.3. The maximum Gasteiger partial charge on any atom is 0.0148 e. The highest BCUT2D eigenvalue weighted by molar-refractivity contribution is 9.09. The number of fused-ring (bicyclic) bond motifs is 3. The minimum atomic E-state index is 0.667. The van der Waals surface area contributed by atoms with Gasteiger partial charge >= 0.3 is 0 Å². The van der Waals surface area contributed by atoms with E-state index in [9.17, 15) is 0 Å². The molecule has 0 nitrogen and oxygen atoms in total. The Kier molecular flexibility index (Phi) is 4.58. The quantitative estimate of drug-likeness (QED) is 0.447. The Morgan fingerprint density at radius 3 is 2.69 bits per heavy atom. The Morgan fingerprint density at radius 1 is 0.962 bits per heavy atom. The van der Waals surface area contributed by atoms with E-state index in [4.69, 9.17) is 0 Å². The summed E-state index contributed by atoms with van der Waals surface area (Å²) in [4.78, 5) is 0.786. The molecule has 0 bridgehead atoms. The number of alkyl halides is 1. The Hall–Kier alpha value is -0.560. The van der Waals surface area contributed by atoms with Gasteiger partial charge in [0.2, 0.25) is 0 Å². The first-order valence-corrected chi connectivity index (χ1v) is 11.9. The van der Waals surface area contributed by atoms with Crippen LogP contribution in [0.5, 0.6) is 0 Å². The number of hydrogen-bond acceptors (Lipinski definition) is 0. The topological polar surface area (TPSA) is 0 Å². The summed E-state index contributed by atoms with van der Waals surface area (Å²) in [6.07, 6.45) is 13.6. The van der Waals surface area contributed by atoms with Crippen molar-refractivity contribution >= 4 is 22.0 Å². The fourth-order valence-electron chi connectivity index (χ4n) is 7.56. The molecule has 0 N–H and O–H groups in total. The molecular weight excluding hydrogens is 380 g/mol. The first-order valence-electron chi connectivity index (χ1n) is 11.0. The van der Waals surface area contributed by atoms with Gasteiger partial charge in [0, 0.05) is 10.7 Å². The summed E-state index contributed by atoms with van der Waals surface area (Å²) in [5.41, 5.74) is 3.05. The molecule has 3 saturated carbocycles. The van der Waals surface area contributed by atoms with Crippen LogP contribution in [0.4, 0.5) is 0 Å². The van der Waals surface area contributed by atoms with E-state index in [-0.39, 0.29) is 0 Å². The molecule has 5 rings (SSSR count). The molecule has 0 aromatic heterocycles. The van der Waals surface area contributed by atoms with Gasteiger partial charge in [-0.1, -0.05) is 66.2 Å². The first kappa shape index (κ1) is 17.5. The van der Waals surface area contributed by atoms with E-state index < -0.39 is 0 Å². The van der Waals surface area contributed by atoms with Gasteiger partial charge in [-0.2, -0.15) is 0 Å². The van der Waals surface area contributed by atoms with E-state index >= 15 is 0 Å². The van der Waals surface area contributed by atoms with Gasteiger partial charge in [0.1, 0.15) is 0 Å². The normalized spacial score (nSPS) is 46.7. The Labute approximate surface area is 168 Å². The molecule has 1 aromatic carbocycles. The highest BCUT2D eigenvalue weighted by Crippen LogP contribution is 2.59. The summed E-state index contributed by atoms with van der Waals surface area (Å²) in [6.45, 7) is 5.18. The van der Waals surface area contributed by atoms with Crippen molar-refractivity contribution in [2.45, 2.75) is 63.1 Å². The second kappa shape index (κ2) is 6.80. The zero-order valence-corrected chi connectivity index (χ0v) is 17.9. The van der Waals surface area contributed by atoms with Crippen LogP contribution >= 0.6 is 15.9 Å². The minimum Gasteiger partial charge on any atom is -0.0891 e. The lowest BCUT2D eigenvalue weighted by Gasteiger charge is -2.48. The number of allylic oxidation sites excluding steroid dienone is 1. The van der Waals surface area contributed by atoms with E-state index in [0.717, 1.165) is 46.3 Å². The molecule has 3 fully saturated rings. The van der Waals surface area contributed by atoms with Gasteiger partial charge in [-0.25, -0.2) is 0 Å². The van der Waals surface area contributed by atoms with Crippen LogP contribution in [-0.4, -0.2) is 4.83 Å². The van der Waals surface area contributed by atoms with E-state index in [2.05, 4.69) is 66.2 Å². The molecular formula is C25H33Br. The van der Waals surface area contributed by atoms with Crippen molar-refractivity contribution in [1.82, 2.24) is 0 Å². The molecule has 0 amide bonds. The molecule has 9 atom stereocenters. The van der Waals surface area contributed by atoms with Crippen molar-refractivity contribution in [2.75, 3.05) is 0 Å². The molecule has 0 saturated heterocycles. The minimum absolute atomic E-state index is 0.667. The van der Waals surface area contributed by atoms with Gasteiger partial charge in [0.05, 0.1) is 0 Å². The molecule has 0 heterocycles. The second-order valence-electron chi connectivity index (χ2n) is 9.96. The smallest absolute Gasteiger partial charge is 0.0148 e. The summed E-state index contributed by atoms with van der Waals surface area (Å²) in [6, 6.07) is 9.07. The maximum atomic E-state index is 3.95. The molecule has 9 unspecified atom stereocenters. The molecule has 0 spiro atoms. The highest BCUT2D eigenvalue weighted by atomic mass is 79.9. The zero-order valence-electron chi connectivity index (χ0n) is 16.3. The molecule has 0 aliphatic heterocycles. The van der Waals surface area contributed by atoms with Gasteiger partial charge in [0.25, 0.3) is 0 Å². The molecule has 26 heavy (non-hydrogen) atoms. The fraction of sp³-hybridized carbons (Fsp3) is 0.680. The fourth-order valence-corrected chi connectivity index (χ4v) is 8.31. The SMILES string of the molecule is CC1CC2C(C)C3CCC(Br)CC3CC2C1CC1C=Cc2ccccc21. The van der Waals surface area contributed by atoms with Crippen molar-refractivity contribution in [1.29, 1.82) is 0 Å². The third-order valence-electron chi connectivity index (χ3n) is 8.81. The lowest BCUT2D eigenvalue weighted by atomic mass is 9.58. The third-order valence-corrected chi connectivity index (χ3v) is 9.64. The van der Waals surface area contributed by atoms with Crippen molar-refractivity contribution in [3.8, 4) is 0 Å². The number of benzene rings is 1. The Bertz CT molecular complexity index is 689. The first-order chi connectivity index (χ1) is 12.6. The lowest BCUT2D eigenvalue weighted by molar-refractivity contribution is 0.0222. The summed E-state index contributed by atoms with van der Waals surface area (Å²) >= 11 is 3.95. The van der Waals surface area contributed by atoms with E-state index in [0.29, 0.717) is 5.92 Å². The molecule has 4 aliphatic carbocycles. The summed E-state index contributed by atoms with van der Waals surface area (Å²) in [5, 5.41) is 0. The lowest BCUT2D eigenvalue weighted by Crippen LogP contribution is -2.41. The van der Waals surface area contributed by atoms with Crippen molar-refractivity contribution < 1.29 is 0 Å². The largest absolute Gasteiger partial charge is 0.0891 e. The Balaban J connectivity index is 1.36. The summed E-state index contributed by atoms with van der Waals surface area (Å²) in [5.74, 6) is 7.46. The predicted molar refractivity (Wildman–Crippen MR) is 114 cm³/mol. The van der Waals surface area contributed by atoms with E-state index in [1.807, 2.05) is 0 Å². The van der Waals surface area contributed by atoms with Crippen molar-refractivity contribution in [3.05, 3.63) is 41.5 Å². The molecule has 1 aromatic rings. The molecule has 4 aliphatic rings. The van der Waals surface area contributed by atoms with Crippen LogP contribution in [-0.2, 0) is 0 Å². The predicted octanol–water partition coefficient (Wildman–Crippen LogP) is 7.30. The van der Waals surface area contributed by atoms with Crippen molar-refractivity contribution in [2.24, 2.45) is 41.4 Å². The molecule has 140 valence electrons. The molecule has 0 radical (unpaired) electrons. The van der Waals surface area contributed by atoms with E-state index in [1.54, 1.807) is 5.56 Å². The zero-order chi connectivity index (χ0) is 17.8. The van der Waals surface area contributed by atoms with E-state index in [1.165, 1.54) is 44.1 Å². The van der Waals surface area contributed by atoms with Crippen LogP contribution in [0.3, 0.4) is 0 Å². The highest BCUT2D eigenvalue weighted by Gasteiger charge is 2.51. The van der Waals surface area contributed by atoms with Gasteiger partial charge in [0.15, 0.2) is 0 Å². The third kappa shape index (κ3) is 2.84. The van der Waals surface area contributed by atoms with Crippen LogP contribution in [0, 0.1) is 41.4 Å². The van der Waals surface area contributed by atoms with Gasteiger partial charge < -0.3 is 0 Å². The van der Waals surface area contributed by atoms with Gasteiger partial charge in [-0.05, 0) is 91.1 Å². The number of hydrogen-bond donors (Lipinski definition) is 0. The maximum absolute atomic E-state index is 3.95. The number of rotatable bonds is 2. The summed E-state index contributed by atoms with van der Waals surface area (Å²) in [7, 11) is 0. The van der Waals surface area contributed by atoms with Crippen LogP contribution < -0.4 is 0 Å². The standard InChI is InChI=1S/C25H33Br/c1-15-11-24-16(2)21-10-9-20(26)12-19(21)14-25(24)23(15)13-18-8-7-17-5-3-4-6-22(17)18/h3-8,15-16,18-21,23-25H,9-14H2,1-2H3. The van der Waals surface area contributed by atoms with Gasteiger partial charge in [-0.15, -0.1) is 0 Å². The average molecular weight is 413 g/mol. The van der Waals surface area contributed by atoms with Crippen molar-refractivity contribution in [3.63, 3.8) is 0 Å². The van der Waals surface area contributed by atoms with Crippen LogP contribution in [0.2, 0.25) is 0 Å². The average Bonchev–Trinajstić information content (AvgIpc) is 3.18. The Morgan fingerprint density at radius 2 is 1.81 bits per heavy atom. The molecule has 1 heteroatoms. The van der Waals surface area contributed by atoms with Crippen LogP contribution in [0.25, 0.3) is 6.08 Å².